The van der Waals surface area contributed by atoms with Gasteiger partial charge in [-0.15, -0.1) is 0 Å². The van der Waals surface area contributed by atoms with Crippen molar-refractivity contribution in [2.75, 3.05) is 19.8 Å². The molecule has 0 spiro atoms. The van der Waals surface area contributed by atoms with E-state index >= 15 is 0 Å². The molecule has 1 fully saturated rings. The second kappa shape index (κ2) is 52.7. The van der Waals surface area contributed by atoms with E-state index in [1.807, 2.05) is 0 Å². The van der Waals surface area contributed by atoms with Gasteiger partial charge < -0.3 is 34.3 Å². The second-order valence-corrected chi connectivity index (χ2v) is 22.1. The third-order valence-electron chi connectivity index (χ3n) is 15.1. The summed E-state index contributed by atoms with van der Waals surface area (Å²) in [5, 5.41) is 28.8. The highest BCUT2D eigenvalue weighted by molar-refractivity contribution is 5.71. The lowest BCUT2D eigenvalue weighted by Gasteiger charge is -2.28. The number of hydrogen-bond donors (Lipinski definition) is 3. The summed E-state index contributed by atoms with van der Waals surface area (Å²) in [6.07, 6.45) is 52.0. The summed E-state index contributed by atoms with van der Waals surface area (Å²) < 4.78 is 23.7. The molecule has 0 bridgehead atoms. The molecule has 72 heavy (non-hydrogen) atoms. The minimum Gasteiger partial charge on any atom is -0.457 e. The zero-order chi connectivity index (χ0) is 52.2. The number of aliphatic hydroxyl groups is 3. The highest BCUT2D eigenvalue weighted by Gasteiger charge is 2.47. The SMILES string of the molecule is CCCCCCCCCCCCCCCCCC(=O)O[C@H]1[C@@H]([C@@H](CO)OC(=O)CCCCCCCCCCCCCCCCCC(O)CO)OC[C@@H]1OC(=O)CCCCCCCCCCCCCCCCC. The summed E-state index contributed by atoms with van der Waals surface area (Å²) in [6, 6.07) is 0. The zero-order valence-electron chi connectivity index (χ0n) is 47.4. The van der Waals surface area contributed by atoms with Gasteiger partial charge in [0.15, 0.2) is 18.3 Å². The van der Waals surface area contributed by atoms with E-state index in [9.17, 15) is 24.6 Å². The van der Waals surface area contributed by atoms with Gasteiger partial charge in [-0.05, 0) is 25.7 Å². The van der Waals surface area contributed by atoms with Gasteiger partial charge in [-0.3, -0.25) is 14.4 Å². The van der Waals surface area contributed by atoms with Crippen LogP contribution in [0.2, 0.25) is 0 Å². The fraction of sp³-hybridized carbons (Fsp3) is 0.952. The maximum Gasteiger partial charge on any atom is 0.306 e. The lowest BCUT2D eigenvalue weighted by atomic mass is 10.0. The molecular weight excluding hydrogens is 905 g/mol. The minimum absolute atomic E-state index is 0.0144. The Morgan fingerprint density at radius 3 is 1.01 bits per heavy atom. The Hall–Kier alpha value is -1.75. The van der Waals surface area contributed by atoms with E-state index in [1.165, 1.54) is 212 Å². The molecule has 0 aliphatic carbocycles. The molecule has 0 aromatic carbocycles. The normalized spacial score (nSPS) is 16.5. The first kappa shape index (κ1) is 68.3. The zero-order valence-corrected chi connectivity index (χ0v) is 47.4. The van der Waals surface area contributed by atoms with Crippen LogP contribution in [0.15, 0.2) is 0 Å². The molecule has 0 amide bonds. The fourth-order valence-corrected chi connectivity index (χ4v) is 10.4. The van der Waals surface area contributed by atoms with Gasteiger partial charge in [-0.25, -0.2) is 0 Å². The van der Waals surface area contributed by atoms with Crippen LogP contribution in [0.5, 0.6) is 0 Å². The number of rotatable bonds is 56. The first-order chi connectivity index (χ1) is 35.4. The molecule has 0 radical (unpaired) electrons. The van der Waals surface area contributed by atoms with Crippen molar-refractivity contribution in [1.82, 2.24) is 0 Å². The van der Waals surface area contributed by atoms with Crippen molar-refractivity contribution in [2.45, 2.75) is 359 Å². The van der Waals surface area contributed by atoms with E-state index in [0.29, 0.717) is 19.3 Å². The topological polar surface area (TPSA) is 149 Å². The summed E-state index contributed by atoms with van der Waals surface area (Å²) >= 11 is 0. The second-order valence-electron chi connectivity index (χ2n) is 22.1. The van der Waals surface area contributed by atoms with Crippen LogP contribution in [-0.4, -0.2) is 83.6 Å². The highest BCUT2D eigenvalue weighted by Crippen LogP contribution is 2.27. The Balaban J connectivity index is 2.43. The van der Waals surface area contributed by atoms with Gasteiger partial charge in [0.1, 0.15) is 6.10 Å². The average Bonchev–Trinajstić information content (AvgIpc) is 3.76. The number of ether oxygens (including phenoxy) is 4. The summed E-state index contributed by atoms with van der Waals surface area (Å²) in [5.74, 6) is -1.13. The Labute approximate surface area is 443 Å². The van der Waals surface area contributed by atoms with Crippen LogP contribution in [0.4, 0.5) is 0 Å². The summed E-state index contributed by atoms with van der Waals surface area (Å²) in [7, 11) is 0. The maximum atomic E-state index is 13.3. The van der Waals surface area contributed by atoms with Crippen LogP contribution in [-0.2, 0) is 33.3 Å². The van der Waals surface area contributed by atoms with E-state index in [-0.39, 0.29) is 38.0 Å². The number of aliphatic hydroxyl groups excluding tert-OH is 3. The van der Waals surface area contributed by atoms with Crippen molar-refractivity contribution in [2.24, 2.45) is 0 Å². The first-order valence-electron chi connectivity index (χ1n) is 31.5. The maximum absolute atomic E-state index is 13.3. The smallest absolute Gasteiger partial charge is 0.306 e. The lowest BCUT2D eigenvalue weighted by Crippen LogP contribution is -2.46. The fourth-order valence-electron chi connectivity index (χ4n) is 10.4. The molecule has 0 aromatic rings. The minimum atomic E-state index is -1.03. The number of hydrogen-bond acceptors (Lipinski definition) is 10. The van der Waals surface area contributed by atoms with E-state index in [2.05, 4.69) is 13.8 Å². The monoisotopic (exact) mass is 1020 g/mol. The molecule has 1 heterocycles. The van der Waals surface area contributed by atoms with Crippen molar-refractivity contribution in [1.29, 1.82) is 0 Å². The predicted octanol–water partition coefficient (Wildman–Crippen LogP) is 16.6. The number of carbonyl (C=O) groups is 3. The molecule has 10 nitrogen and oxygen atoms in total. The highest BCUT2D eigenvalue weighted by atomic mass is 16.6. The Kier molecular flexibility index (Phi) is 49.9. The van der Waals surface area contributed by atoms with Crippen LogP contribution in [0, 0.1) is 0 Å². The molecular formula is C62H118O10. The van der Waals surface area contributed by atoms with Gasteiger partial charge in [-0.1, -0.05) is 284 Å². The Bertz CT molecular complexity index is 1180. The van der Waals surface area contributed by atoms with Crippen molar-refractivity contribution in [3.8, 4) is 0 Å². The lowest BCUT2D eigenvalue weighted by molar-refractivity contribution is -0.175. The molecule has 1 unspecified atom stereocenters. The van der Waals surface area contributed by atoms with Gasteiger partial charge in [0.25, 0.3) is 0 Å². The summed E-state index contributed by atoms with van der Waals surface area (Å²) in [5.41, 5.74) is 0. The number of carbonyl (C=O) groups excluding carboxylic acids is 3. The van der Waals surface area contributed by atoms with Gasteiger partial charge in [0.05, 0.1) is 25.9 Å². The largest absolute Gasteiger partial charge is 0.457 e. The summed E-state index contributed by atoms with van der Waals surface area (Å²) in [4.78, 5) is 39.4. The van der Waals surface area contributed by atoms with Crippen molar-refractivity contribution in [3.63, 3.8) is 0 Å². The van der Waals surface area contributed by atoms with Gasteiger partial charge in [-0.2, -0.15) is 0 Å². The van der Waals surface area contributed by atoms with E-state index in [1.54, 1.807) is 0 Å². The number of unbranched alkanes of at least 4 members (excludes halogenated alkanes) is 42. The molecule has 3 N–H and O–H groups in total. The van der Waals surface area contributed by atoms with E-state index in [4.69, 9.17) is 24.1 Å². The standard InChI is InChI=1S/C62H118O10/c1-3-5-7-9-11-13-15-17-20-25-30-34-38-42-46-50-59(67)71-57-54-69-61(62(57)72-60(68)51-47-43-39-35-31-26-21-18-16-14-12-10-8-6-4-2)56(53-64)70-58(66)49-45-41-37-33-29-27-23-19-22-24-28-32-36-40-44-48-55(65)52-63/h55-57,61-65H,3-54H2,1-2H3/t55?,56-,57+,61-,62-/m1/s1. The Morgan fingerprint density at radius 1 is 0.403 bits per heavy atom. The van der Waals surface area contributed by atoms with Crippen LogP contribution >= 0.6 is 0 Å². The van der Waals surface area contributed by atoms with Gasteiger partial charge in [0.2, 0.25) is 0 Å². The van der Waals surface area contributed by atoms with E-state index in [0.717, 1.165) is 70.6 Å². The predicted molar refractivity (Wildman–Crippen MR) is 297 cm³/mol. The molecule has 1 aliphatic rings. The third kappa shape index (κ3) is 42.5. The van der Waals surface area contributed by atoms with Crippen molar-refractivity contribution < 1.29 is 48.7 Å². The van der Waals surface area contributed by atoms with E-state index < -0.39 is 43.1 Å². The van der Waals surface area contributed by atoms with Gasteiger partial charge >= 0.3 is 17.9 Å². The molecule has 5 atom stereocenters. The van der Waals surface area contributed by atoms with Crippen molar-refractivity contribution in [3.05, 3.63) is 0 Å². The van der Waals surface area contributed by atoms with Crippen LogP contribution in [0.1, 0.15) is 328 Å². The summed E-state index contributed by atoms with van der Waals surface area (Å²) in [6.45, 7) is 3.93. The van der Waals surface area contributed by atoms with Crippen LogP contribution < -0.4 is 0 Å². The van der Waals surface area contributed by atoms with Crippen LogP contribution in [0.25, 0.3) is 0 Å². The number of esters is 3. The molecule has 1 rings (SSSR count). The Morgan fingerprint density at radius 2 is 0.694 bits per heavy atom. The van der Waals surface area contributed by atoms with Crippen molar-refractivity contribution >= 4 is 17.9 Å². The molecule has 1 saturated heterocycles. The molecule has 10 heteroatoms. The van der Waals surface area contributed by atoms with Crippen LogP contribution in [0.3, 0.4) is 0 Å². The third-order valence-corrected chi connectivity index (χ3v) is 15.1. The molecule has 0 saturated carbocycles. The van der Waals surface area contributed by atoms with Gasteiger partial charge in [0, 0.05) is 19.3 Å². The molecule has 0 aromatic heterocycles. The average molecular weight is 1020 g/mol. The quantitative estimate of drug-likeness (QED) is 0.0305. The first-order valence-corrected chi connectivity index (χ1v) is 31.5. The molecule has 426 valence electrons. The molecule has 1 aliphatic heterocycles.